The van der Waals surface area contributed by atoms with Crippen LogP contribution in [0.5, 0.6) is 0 Å². The molecule has 0 aliphatic heterocycles. The minimum Gasteiger partial charge on any atom is -0.340 e. The highest BCUT2D eigenvalue weighted by molar-refractivity contribution is 7.20. The van der Waals surface area contributed by atoms with Crippen LogP contribution in [0, 0.1) is 0 Å². The summed E-state index contributed by atoms with van der Waals surface area (Å²) in [6.45, 7) is 11.7. The van der Waals surface area contributed by atoms with E-state index >= 15 is 0 Å². The number of hydrogen-bond donors (Lipinski definition) is 0. The first-order valence-corrected chi connectivity index (χ1v) is 8.75. The zero-order valence-corrected chi connectivity index (χ0v) is 15.1. The summed E-state index contributed by atoms with van der Waals surface area (Å²) in [7, 11) is 0. The molecule has 23 heavy (non-hydrogen) atoms. The Labute approximate surface area is 141 Å². The van der Waals surface area contributed by atoms with E-state index < -0.39 is 0 Å². The van der Waals surface area contributed by atoms with E-state index in [9.17, 15) is 0 Å². The van der Waals surface area contributed by atoms with Crippen LogP contribution < -0.4 is 4.90 Å². The van der Waals surface area contributed by atoms with Crippen molar-refractivity contribution < 1.29 is 0 Å². The lowest BCUT2D eigenvalue weighted by Gasteiger charge is -2.27. The van der Waals surface area contributed by atoms with Crippen LogP contribution in [0.3, 0.4) is 0 Å². The number of fused-ring (bicyclic) bond motifs is 1. The summed E-state index contributed by atoms with van der Waals surface area (Å²) in [5, 5.41) is 5.74. The molecule has 1 atom stereocenters. The molecule has 1 unspecified atom stereocenters. The average Bonchev–Trinajstić information content (AvgIpc) is 3.07. The van der Waals surface area contributed by atoms with Crippen LogP contribution in [-0.4, -0.2) is 26.1 Å². The average molecular weight is 329 g/mol. The van der Waals surface area contributed by atoms with Gasteiger partial charge in [0, 0.05) is 24.4 Å². The van der Waals surface area contributed by atoms with Crippen molar-refractivity contribution in [3.8, 4) is 0 Å². The number of rotatable bonds is 4. The van der Waals surface area contributed by atoms with Crippen LogP contribution in [0.25, 0.3) is 4.96 Å². The van der Waals surface area contributed by atoms with Crippen molar-refractivity contribution in [3.63, 3.8) is 0 Å². The first-order valence-electron chi connectivity index (χ1n) is 7.93. The Hall–Kier alpha value is -1.95. The first-order chi connectivity index (χ1) is 10.9. The van der Waals surface area contributed by atoms with Crippen LogP contribution in [-0.2, 0) is 5.41 Å². The highest BCUT2D eigenvalue weighted by atomic mass is 32.1. The van der Waals surface area contributed by atoms with Gasteiger partial charge in [0.1, 0.15) is 0 Å². The maximum atomic E-state index is 4.74. The third kappa shape index (κ3) is 3.08. The summed E-state index contributed by atoms with van der Waals surface area (Å²) in [6, 6.07) is 4.31. The fraction of sp³-hybridized carbons (Fsp3) is 0.471. The second kappa shape index (κ2) is 5.92. The standard InChI is InChI=1S/C17H23N5S/c1-6-21(12(2)13-8-7-9-18-10-13)16-20-22-11-14(17(3,4)5)19-15(22)23-16/h7-12H,6H2,1-5H3. The number of imidazole rings is 1. The zero-order chi connectivity index (χ0) is 16.6. The van der Waals surface area contributed by atoms with Crippen molar-refractivity contribution in [3.05, 3.63) is 42.0 Å². The van der Waals surface area contributed by atoms with Gasteiger partial charge in [-0.2, -0.15) is 0 Å². The van der Waals surface area contributed by atoms with Crippen LogP contribution >= 0.6 is 11.3 Å². The number of pyridine rings is 1. The molecule has 0 aliphatic rings. The van der Waals surface area contributed by atoms with E-state index in [1.165, 1.54) is 5.56 Å². The topological polar surface area (TPSA) is 46.3 Å². The second-order valence-electron chi connectivity index (χ2n) is 6.74. The summed E-state index contributed by atoms with van der Waals surface area (Å²) in [4.78, 5) is 12.2. The fourth-order valence-electron chi connectivity index (χ4n) is 2.54. The van der Waals surface area contributed by atoms with Gasteiger partial charge >= 0.3 is 0 Å². The van der Waals surface area contributed by atoms with Crippen molar-refractivity contribution in [2.75, 3.05) is 11.4 Å². The molecular formula is C17H23N5S. The predicted octanol–water partition coefficient (Wildman–Crippen LogP) is 4.07. The van der Waals surface area contributed by atoms with Gasteiger partial charge in [-0.1, -0.05) is 38.2 Å². The molecule has 3 aromatic heterocycles. The largest absolute Gasteiger partial charge is 0.340 e. The normalized spacial score (nSPS) is 13.4. The zero-order valence-electron chi connectivity index (χ0n) is 14.3. The summed E-state index contributed by atoms with van der Waals surface area (Å²) >= 11 is 1.64. The molecule has 0 aliphatic carbocycles. The van der Waals surface area contributed by atoms with Crippen LogP contribution in [0.15, 0.2) is 30.7 Å². The Balaban J connectivity index is 1.92. The Morgan fingerprint density at radius 1 is 1.35 bits per heavy atom. The van der Waals surface area contributed by atoms with Gasteiger partial charge in [-0.15, -0.1) is 5.10 Å². The van der Waals surface area contributed by atoms with Crippen molar-refractivity contribution >= 4 is 21.4 Å². The third-order valence-corrected chi connectivity index (χ3v) is 4.98. The second-order valence-corrected chi connectivity index (χ2v) is 7.67. The Morgan fingerprint density at radius 3 is 2.70 bits per heavy atom. The molecule has 6 heteroatoms. The van der Waals surface area contributed by atoms with E-state index in [0.717, 1.165) is 22.3 Å². The quantitative estimate of drug-likeness (QED) is 0.724. The van der Waals surface area contributed by atoms with Gasteiger partial charge in [0.05, 0.1) is 17.9 Å². The molecule has 5 nitrogen and oxygen atoms in total. The molecular weight excluding hydrogens is 306 g/mol. The van der Waals surface area contributed by atoms with E-state index in [-0.39, 0.29) is 11.5 Å². The van der Waals surface area contributed by atoms with Gasteiger partial charge in [0.15, 0.2) is 0 Å². The molecule has 0 amide bonds. The molecule has 0 radical (unpaired) electrons. The Bertz CT molecular complexity index is 753. The van der Waals surface area contributed by atoms with Gasteiger partial charge < -0.3 is 4.90 Å². The number of hydrogen-bond acceptors (Lipinski definition) is 5. The van der Waals surface area contributed by atoms with E-state index in [0.29, 0.717) is 0 Å². The molecule has 0 aromatic carbocycles. The predicted molar refractivity (Wildman–Crippen MR) is 95.2 cm³/mol. The smallest absolute Gasteiger partial charge is 0.214 e. The molecule has 0 spiro atoms. The van der Waals surface area contributed by atoms with Crippen LogP contribution in [0.1, 0.15) is 51.9 Å². The number of nitrogens with zero attached hydrogens (tertiary/aromatic N) is 5. The Morgan fingerprint density at radius 2 is 2.13 bits per heavy atom. The first kappa shape index (κ1) is 15.9. The summed E-state index contributed by atoms with van der Waals surface area (Å²) in [5.74, 6) is 0. The minimum atomic E-state index is 0.0427. The van der Waals surface area contributed by atoms with Gasteiger partial charge in [0.25, 0.3) is 0 Å². The van der Waals surface area contributed by atoms with Crippen LogP contribution in [0.2, 0.25) is 0 Å². The van der Waals surface area contributed by atoms with Gasteiger partial charge in [-0.05, 0) is 25.5 Å². The minimum absolute atomic E-state index is 0.0427. The van der Waals surface area contributed by atoms with E-state index in [1.54, 1.807) is 17.5 Å². The summed E-state index contributed by atoms with van der Waals surface area (Å²) in [5.41, 5.74) is 2.31. The molecule has 0 saturated heterocycles. The third-order valence-electron chi connectivity index (χ3n) is 4.02. The molecule has 3 aromatic rings. The van der Waals surface area contributed by atoms with Crippen LogP contribution in [0.4, 0.5) is 5.13 Å². The van der Waals surface area contributed by atoms with E-state index in [1.807, 2.05) is 23.0 Å². The highest BCUT2D eigenvalue weighted by Gasteiger charge is 2.22. The van der Waals surface area contributed by atoms with Crippen molar-refractivity contribution in [2.24, 2.45) is 0 Å². The molecule has 3 heterocycles. The maximum Gasteiger partial charge on any atom is 0.214 e. The fourth-order valence-corrected chi connectivity index (χ4v) is 3.57. The molecule has 0 N–H and O–H groups in total. The molecule has 0 fully saturated rings. The van der Waals surface area contributed by atoms with Gasteiger partial charge in [0.2, 0.25) is 10.1 Å². The van der Waals surface area contributed by atoms with Crippen molar-refractivity contribution in [1.82, 2.24) is 19.6 Å². The molecule has 0 saturated carbocycles. The molecule has 0 bridgehead atoms. The molecule has 3 rings (SSSR count). The van der Waals surface area contributed by atoms with E-state index in [4.69, 9.17) is 10.1 Å². The number of aromatic nitrogens is 4. The Kier molecular flexibility index (Phi) is 4.10. The summed E-state index contributed by atoms with van der Waals surface area (Å²) in [6.07, 6.45) is 5.76. The maximum absolute atomic E-state index is 4.74. The van der Waals surface area contributed by atoms with E-state index in [2.05, 4.69) is 50.6 Å². The highest BCUT2D eigenvalue weighted by Crippen LogP contribution is 2.31. The number of anilines is 1. The lowest BCUT2D eigenvalue weighted by molar-refractivity contribution is 0.572. The van der Waals surface area contributed by atoms with Crippen molar-refractivity contribution in [1.29, 1.82) is 0 Å². The summed E-state index contributed by atoms with van der Waals surface area (Å²) < 4.78 is 1.90. The monoisotopic (exact) mass is 329 g/mol. The molecule has 122 valence electrons. The SMILES string of the molecule is CCN(c1nn2cc(C(C)(C)C)nc2s1)C(C)c1cccnc1. The lowest BCUT2D eigenvalue weighted by Crippen LogP contribution is -2.26. The lowest BCUT2D eigenvalue weighted by atomic mass is 9.93. The van der Waals surface area contributed by atoms with Crippen molar-refractivity contribution in [2.45, 2.75) is 46.1 Å². The van der Waals surface area contributed by atoms with Gasteiger partial charge in [-0.25, -0.2) is 9.50 Å². The van der Waals surface area contributed by atoms with Gasteiger partial charge in [-0.3, -0.25) is 4.98 Å².